The summed E-state index contributed by atoms with van der Waals surface area (Å²) in [7, 11) is 1.58. The molecule has 0 fully saturated rings. The summed E-state index contributed by atoms with van der Waals surface area (Å²) < 4.78 is 10.9. The Balaban J connectivity index is 1.50. The van der Waals surface area contributed by atoms with Crippen molar-refractivity contribution in [2.75, 3.05) is 12.5 Å². The highest BCUT2D eigenvalue weighted by molar-refractivity contribution is 7.14. The first-order valence-corrected chi connectivity index (χ1v) is 8.71. The molecule has 0 spiro atoms. The van der Waals surface area contributed by atoms with E-state index in [0.29, 0.717) is 27.9 Å². The first-order chi connectivity index (χ1) is 12.7. The fraction of sp³-hybridized carbons (Fsp3) is 0.0526. The van der Waals surface area contributed by atoms with Crippen LogP contribution in [0.15, 0.2) is 63.4 Å². The standard InChI is InChI=1S/C19H15N3O3S/c1-24-13-6-7-17(23)15(9-13)16-11-26-19(21-16)22-20-10-14-8-12-4-2-3-5-18(12)25-14/h2-11,23H,1H3,(H,21,22)/b20-10+. The maximum absolute atomic E-state index is 10.0. The van der Waals surface area contributed by atoms with Crippen molar-refractivity contribution in [1.82, 2.24) is 4.98 Å². The van der Waals surface area contributed by atoms with E-state index in [-0.39, 0.29) is 5.75 Å². The van der Waals surface area contributed by atoms with Crippen molar-refractivity contribution in [2.45, 2.75) is 0 Å². The van der Waals surface area contributed by atoms with Crippen LogP contribution in [0.4, 0.5) is 5.13 Å². The first-order valence-electron chi connectivity index (χ1n) is 7.83. The summed E-state index contributed by atoms with van der Waals surface area (Å²) in [4.78, 5) is 4.44. The van der Waals surface area contributed by atoms with Gasteiger partial charge in [0, 0.05) is 16.3 Å². The zero-order valence-corrected chi connectivity index (χ0v) is 14.7. The quantitative estimate of drug-likeness (QED) is 0.395. The number of phenols is 1. The van der Waals surface area contributed by atoms with Crippen LogP contribution in [0, 0.1) is 0 Å². The number of fused-ring (bicyclic) bond motifs is 1. The Bertz CT molecular complexity index is 1050. The molecule has 7 heteroatoms. The molecule has 0 radical (unpaired) electrons. The van der Waals surface area contributed by atoms with Gasteiger partial charge < -0.3 is 14.3 Å². The number of hydrazone groups is 1. The number of furan rings is 1. The van der Waals surface area contributed by atoms with Gasteiger partial charge in [-0.3, -0.25) is 5.43 Å². The molecule has 0 saturated carbocycles. The van der Waals surface area contributed by atoms with E-state index >= 15 is 0 Å². The molecule has 0 bridgehead atoms. The fourth-order valence-electron chi connectivity index (χ4n) is 2.51. The number of benzene rings is 2. The Morgan fingerprint density at radius 3 is 2.96 bits per heavy atom. The second-order valence-corrected chi connectivity index (χ2v) is 6.34. The number of ether oxygens (including phenoxy) is 1. The van der Waals surface area contributed by atoms with E-state index in [1.807, 2.05) is 35.7 Å². The maximum atomic E-state index is 10.0. The summed E-state index contributed by atoms with van der Waals surface area (Å²) in [6.45, 7) is 0. The van der Waals surface area contributed by atoms with Gasteiger partial charge in [0.05, 0.1) is 19.0 Å². The molecule has 2 aromatic carbocycles. The van der Waals surface area contributed by atoms with Crippen LogP contribution < -0.4 is 10.2 Å². The van der Waals surface area contributed by atoms with Gasteiger partial charge in [-0.15, -0.1) is 11.3 Å². The molecule has 0 aliphatic rings. The molecular formula is C19H15N3O3S. The molecule has 4 rings (SSSR count). The number of anilines is 1. The molecule has 4 aromatic rings. The summed E-state index contributed by atoms with van der Waals surface area (Å²) in [5.41, 5.74) is 4.95. The second-order valence-electron chi connectivity index (χ2n) is 5.48. The zero-order valence-electron chi connectivity index (χ0n) is 13.8. The van der Waals surface area contributed by atoms with E-state index in [9.17, 15) is 5.11 Å². The maximum Gasteiger partial charge on any atom is 0.203 e. The van der Waals surface area contributed by atoms with Crippen LogP contribution in [-0.4, -0.2) is 23.4 Å². The molecule has 2 N–H and O–H groups in total. The van der Waals surface area contributed by atoms with Crippen molar-refractivity contribution in [3.05, 3.63) is 59.7 Å². The number of thiazole rings is 1. The zero-order chi connectivity index (χ0) is 17.9. The summed E-state index contributed by atoms with van der Waals surface area (Å²) in [6.07, 6.45) is 1.60. The largest absolute Gasteiger partial charge is 0.507 e. The van der Waals surface area contributed by atoms with E-state index in [1.54, 1.807) is 31.5 Å². The summed E-state index contributed by atoms with van der Waals surface area (Å²) >= 11 is 1.39. The number of methoxy groups -OCH3 is 1. The van der Waals surface area contributed by atoms with E-state index < -0.39 is 0 Å². The number of aromatic nitrogens is 1. The molecule has 0 unspecified atom stereocenters. The summed E-state index contributed by atoms with van der Waals surface area (Å²) in [5, 5.41) is 17.7. The third-order valence-corrected chi connectivity index (χ3v) is 4.53. The van der Waals surface area contributed by atoms with Crippen molar-refractivity contribution in [3.8, 4) is 22.8 Å². The predicted molar refractivity (Wildman–Crippen MR) is 103 cm³/mol. The lowest BCUT2D eigenvalue weighted by atomic mass is 10.1. The molecule has 26 heavy (non-hydrogen) atoms. The number of phenolic OH excluding ortho intramolecular Hbond substituents is 1. The smallest absolute Gasteiger partial charge is 0.203 e. The van der Waals surface area contributed by atoms with Crippen LogP contribution in [0.5, 0.6) is 11.5 Å². The lowest BCUT2D eigenvalue weighted by Gasteiger charge is -2.04. The second kappa shape index (κ2) is 6.89. The minimum Gasteiger partial charge on any atom is -0.507 e. The summed E-state index contributed by atoms with van der Waals surface area (Å²) in [6, 6.07) is 14.7. The SMILES string of the molecule is COc1ccc(O)c(-c2csc(N/N=C/c3cc4ccccc4o3)n2)c1. The van der Waals surface area contributed by atoms with Crippen LogP contribution >= 0.6 is 11.3 Å². The highest BCUT2D eigenvalue weighted by Gasteiger charge is 2.10. The van der Waals surface area contributed by atoms with Crippen LogP contribution in [0.2, 0.25) is 0 Å². The lowest BCUT2D eigenvalue weighted by Crippen LogP contribution is -1.89. The number of hydrogen-bond donors (Lipinski definition) is 2. The number of rotatable bonds is 5. The Morgan fingerprint density at radius 1 is 1.23 bits per heavy atom. The number of nitrogens with one attached hydrogen (secondary N) is 1. The normalized spacial score (nSPS) is 11.3. The van der Waals surface area contributed by atoms with Crippen molar-refractivity contribution < 1.29 is 14.3 Å². The first kappa shape index (κ1) is 16.2. The fourth-order valence-corrected chi connectivity index (χ4v) is 3.17. The molecule has 0 aliphatic carbocycles. The van der Waals surface area contributed by atoms with Gasteiger partial charge >= 0.3 is 0 Å². The topological polar surface area (TPSA) is 79.9 Å². The Kier molecular flexibility index (Phi) is 4.28. The minimum atomic E-state index is 0.147. The summed E-state index contributed by atoms with van der Waals surface area (Å²) in [5.74, 6) is 1.46. The Hall–Kier alpha value is -3.32. The lowest BCUT2D eigenvalue weighted by molar-refractivity contribution is 0.412. The highest BCUT2D eigenvalue weighted by Crippen LogP contribution is 2.34. The van der Waals surface area contributed by atoms with E-state index in [0.717, 1.165) is 11.0 Å². The van der Waals surface area contributed by atoms with E-state index in [4.69, 9.17) is 9.15 Å². The minimum absolute atomic E-state index is 0.147. The molecule has 2 heterocycles. The third-order valence-electron chi connectivity index (χ3n) is 3.78. The van der Waals surface area contributed by atoms with Gasteiger partial charge in [-0.2, -0.15) is 5.10 Å². The third kappa shape index (κ3) is 3.25. The molecule has 130 valence electrons. The van der Waals surface area contributed by atoms with Gasteiger partial charge in [-0.25, -0.2) is 4.98 Å². The van der Waals surface area contributed by atoms with Crippen molar-refractivity contribution in [1.29, 1.82) is 0 Å². The van der Waals surface area contributed by atoms with Crippen LogP contribution in [0.3, 0.4) is 0 Å². The number of nitrogens with zero attached hydrogens (tertiary/aromatic N) is 2. The van der Waals surface area contributed by atoms with Gasteiger partial charge in [0.2, 0.25) is 5.13 Å². The molecular weight excluding hydrogens is 350 g/mol. The average molecular weight is 365 g/mol. The van der Waals surface area contributed by atoms with Crippen LogP contribution in [-0.2, 0) is 0 Å². The van der Waals surface area contributed by atoms with E-state index in [1.165, 1.54) is 11.3 Å². The Morgan fingerprint density at radius 2 is 2.12 bits per heavy atom. The average Bonchev–Trinajstić information content (AvgIpc) is 3.28. The Labute approximate surface area is 153 Å². The van der Waals surface area contributed by atoms with Gasteiger partial charge in [0.15, 0.2) is 0 Å². The van der Waals surface area contributed by atoms with E-state index in [2.05, 4.69) is 15.5 Å². The number of para-hydroxylation sites is 1. The van der Waals surface area contributed by atoms with Gasteiger partial charge in [0.1, 0.15) is 22.8 Å². The van der Waals surface area contributed by atoms with Gasteiger partial charge in [-0.1, -0.05) is 18.2 Å². The van der Waals surface area contributed by atoms with Gasteiger partial charge in [-0.05, 0) is 30.3 Å². The monoisotopic (exact) mass is 365 g/mol. The molecule has 6 nitrogen and oxygen atoms in total. The van der Waals surface area contributed by atoms with Crippen LogP contribution in [0.25, 0.3) is 22.2 Å². The molecule has 0 amide bonds. The van der Waals surface area contributed by atoms with Crippen molar-refractivity contribution >= 4 is 33.7 Å². The molecule has 0 saturated heterocycles. The number of hydrogen-bond acceptors (Lipinski definition) is 7. The van der Waals surface area contributed by atoms with Gasteiger partial charge in [0.25, 0.3) is 0 Å². The number of aromatic hydroxyl groups is 1. The van der Waals surface area contributed by atoms with Crippen LogP contribution in [0.1, 0.15) is 5.76 Å². The van der Waals surface area contributed by atoms with Crippen molar-refractivity contribution in [2.24, 2.45) is 5.10 Å². The van der Waals surface area contributed by atoms with Crippen molar-refractivity contribution in [3.63, 3.8) is 0 Å². The predicted octanol–water partition coefficient (Wildman–Crippen LogP) is 4.72. The highest BCUT2D eigenvalue weighted by atomic mass is 32.1. The molecule has 2 aromatic heterocycles. The molecule has 0 aliphatic heterocycles. The molecule has 0 atom stereocenters.